The summed E-state index contributed by atoms with van der Waals surface area (Å²) in [5.74, 6) is 0. The summed E-state index contributed by atoms with van der Waals surface area (Å²) in [7, 11) is 0. The van der Waals surface area contributed by atoms with Gasteiger partial charge in [-0.3, -0.25) is 4.79 Å². The summed E-state index contributed by atoms with van der Waals surface area (Å²) in [6.07, 6.45) is 6.53. The highest BCUT2D eigenvalue weighted by Crippen LogP contribution is 2.24. The average molecular weight is 156 g/mol. The third-order valence-electron chi connectivity index (χ3n) is 2.39. The van der Waals surface area contributed by atoms with E-state index in [-0.39, 0.29) is 5.54 Å². The van der Waals surface area contributed by atoms with Crippen LogP contribution in [0, 0.1) is 0 Å². The molecular weight excluding hydrogens is 140 g/mol. The summed E-state index contributed by atoms with van der Waals surface area (Å²) in [5.41, 5.74) is 5.91. The molecule has 11 heavy (non-hydrogen) atoms. The summed E-state index contributed by atoms with van der Waals surface area (Å²) in [4.78, 5) is 10.0. The van der Waals surface area contributed by atoms with Gasteiger partial charge in [-0.2, -0.15) is 0 Å². The quantitative estimate of drug-likeness (QED) is 0.581. The van der Waals surface area contributed by atoms with Gasteiger partial charge in [0.25, 0.3) is 0 Å². The molecule has 0 aromatic heterocycles. The number of amides is 1. The van der Waals surface area contributed by atoms with Gasteiger partial charge < -0.3 is 11.1 Å². The van der Waals surface area contributed by atoms with Crippen LogP contribution < -0.4 is 11.1 Å². The normalized spacial score (nSPS) is 22.6. The molecule has 1 amide bonds. The number of carbonyl (C=O) groups excluding carboxylic acids is 1. The largest absolute Gasteiger partial charge is 0.357 e. The minimum Gasteiger partial charge on any atom is -0.357 e. The fourth-order valence-electron chi connectivity index (χ4n) is 1.68. The molecule has 0 radical (unpaired) electrons. The first-order valence-corrected chi connectivity index (χ1v) is 4.23. The zero-order chi connectivity index (χ0) is 8.16. The molecule has 1 aliphatic carbocycles. The molecule has 0 heterocycles. The zero-order valence-corrected chi connectivity index (χ0v) is 6.81. The molecule has 0 spiro atoms. The Labute approximate surface area is 67.3 Å². The summed E-state index contributed by atoms with van der Waals surface area (Å²) in [5, 5.41) is 2.65. The van der Waals surface area contributed by atoms with Crippen molar-refractivity contribution in [3.05, 3.63) is 0 Å². The molecule has 0 unspecified atom stereocenters. The molecule has 3 nitrogen and oxygen atoms in total. The lowest BCUT2D eigenvalue weighted by Gasteiger charge is -2.32. The van der Waals surface area contributed by atoms with Gasteiger partial charge >= 0.3 is 0 Å². The Morgan fingerprint density at radius 3 is 2.55 bits per heavy atom. The van der Waals surface area contributed by atoms with Gasteiger partial charge in [-0.15, -0.1) is 0 Å². The van der Waals surface area contributed by atoms with Crippen molar-refractivity contribution in [3.63, 3.8) is 0 Å². The van der Waals surface area contributed by atoms with Gasteiger partial charge in [0.15, 0.2) is 0 Å². The van der Waals surface area contributed by atoms with Crippen LogP contribution in [0.4, 0.5) is 0 Å². The number of rotatable bonds is 3. The van der Waals surface area contributed by atoms with E-state index in [2.05, 4.69) is 5.32 Å². The maximum absolute atomic E-state index is 10.0. The topological polar surface area (TPSA) is 55.1 Å². The van der Waals surface area contributed by atoms with Crippen LogP contribution in [0.25, 0.3) is 0 Å². The molecule has 0 aromatic rings. The van der Waals surface area contributed by atoms with Crippen LogP contribution in [0.15, 0.2) is 0 Å². The Morgan fingerprint density at radius 2 is 2.00 bits per heavy atom. The molecule has 1 aliphatic rings. The average Bonchev–Trinajstić information content (AvgIpc) is 2.03. The van der Waals surface area contributed by atoms with E-state index in [0.29, 0.717) is 6.54 Å². The molecule has 3 N–H and O–H groups in total. The molecule has 3 heteroatoms. The molecule has 0 aliphatic heterocycles. The molecule has 1 fully saturated rings. The van der Waals surface area contributed by atoms with E-state index in [9.17, 15) is 4.79 Å². The van der Waals surface area contributed by atoms with Crippen molar-refractivity contribution < 1.29 is 4.79 Å². The molecule has 1 saturated carbocycles. The Bertz CT molecular complexity index is 130. The van der Waals surface area contributed by atoms with E-state index in [1.54, 1.807) is 0 Å². The van der Waals surface area contributed by atoms with Crippen LogP contribution in [0.1, 0.15) is 32.1 Å². The fourth-order valence-corrected chi connectivity index (χ4v) is 1.68. The van der Waals surface area contributed by atoms with E-state index in [0.717, 1.165) is 19.3 Å². The lowest BCUT2D eigenvalue weighted by molar-refractivity contribution is -0.109. The second-order valence-corrected chi connectivity index (χ2v) is 3.42. The van der Waals surface area contributed by atoms with E-state index >= 15 is 0 Å². The van der Waals surface area contributed by atoms with Gasteiger partial charge in [-0.25, -0.2) is 0 Å². The molecule has 0 atom stereocenters. The van der Waals surface area contributed by atoms with Gasteiger partial charge in [-0.05, 0) is 12.8 Å². The van der Waals surface area contributed by atoms with Crippen molar-refractivity contribution in [3.8, 4) is 0 Å². The standard InChI is InChI=1S/C8H16N2O/c9-8(6-10-7-11)4-2-1-3-5-8/h7H,1-6,9H2,(H,10,11). The van der Waals surface area contributed by atoms with Crippen molar-refractivity contribution in [1.82, 2.24) is 5.32 Å². The second kappa shape index (κ2) is 3.72. The highest BCUT2D eigenvalue weighted by Gasteiger charge is 2.26. The minimum atomic E-state index is -0.112. The number of hydrogen-bond donors (Lipinski definition) is 2. The highest BCUT2D eigenvalue weighted by molar-refractivity contribution is 5.46. The summed E-state index contributed by atoms with van der Waals surface area (Å²) in [6, 6.07) is 0. The SMILES string of the molecule is NC1(CNC=O)CCCCC1. The first-order chi connectivity index (χ1) is 5.27. The van der Waals surface area contributed by atoms with Crippen LogP contribution >= 0.6 is 0 Å². The Kier molecular flexibility index (Phi) is 2.88. The van der Waals surface area contributed by atoms with Gasteiger partial charge in [-0.1, -0.05) is 19.3 Å². The van der Waals surface area contributed by atoms with Crippen molar-refractivity contribution >= 4 is 6.41 Å². The highest BCUT2D eigenvalue weighted by atomic mass is 16.1. The Morgan fingerprint density at radius 1 is 1.36 bits per heavy atom. The molecule has 64 valence electrons. The van der Waals surface area contributed by atoms with Crippen LogP contribution in [-0.2, 0) is 4.79 Å². The lowest BCUT2D eigenvalue weighted by atomic mass is 9.82. The monoisotopic (exact) mass is 156 g/mol. The van der Waals surface area contributed by atoms with Crippen molar-refractivity contribution in [2.24, 2.45) is 5.73 Å². The van der Waals surface area contributed by atoms with E-state index < -0.39 is 0 Å². The summed E-state index contributed by atoms with van der Waals surface area (Å²) >= 11 is 0. The maximum atomic E-state index is 10.0. The first-order valence-electron chi connectivity index (χ1n) is 4.23. The Hall–Kier alpha value is -0.570. The van der Waals surface area contributed by atoms with Gasteiger partial charge in [0.2, 0.25) is 6.41 Å². The van der Waals surface area contributed by atoms with E-state index in [1.165, 1.54) is 19.3 Å². The molecule has 0 saturated heterocycles. The number of hydrogen-bond acceptors (Lipinski definition) is 2. The predicted octanol–water partition coefficient (Wildman–Crippen LogP) is 0.394. The zero-order valence-electron chi connectivity index (χ0n) is 6.81. The smallest absolute Gasteiger partial charge is 0.207 e. The van der Waals surface area contributed by atoms with Crippen LogP contribution in [-0.4, -0.2) is 18.5 Å². The third kappa shape index (κ3) is 2.50. The van der Waals surface area contributed by atoms with Crippen molar-refractivity contribution in [2.45, 2.75) is 37.6 Å². The molecule has 0 bridgehead atoms. The fraction of sp³-hybridized carbons (Fsp3) is 0.875. The van der Waals surface area contributed by atoms with Crippen LogP contribution in [0.3, 0.4) is 0 Å². The predicted molar refractivity (Wildman–Crippen MR) is 44.1 cm³/mol. The number of nitrogens with one attached hydrogen (secondary N) is 1. The molecule has 1 rings (SSSR count). The third-order valence-corrected chi connectivity index (χ3v) is 2.39. The lowest BCUT2D eigenvalue weighted by Crippen LogP contribution is -2.49. The molecular formula is C8H16N2O. The van der Waals surface area contributed by atoms with E-state index in [4.69, 9.17) is 5.73 Å². The molecule has 0 aromatic carbocycles. The first kappa shape index (κ1) is 8.53. The van der Waals surface area contributed by atoms with E-state index in [1.807, 2.05) is 0 Å². The van der Waals surface area contributed by atoms with Gasteiger partial charge in [0.05, 0.1) is 0 Å². The Balaban J connectivity index is 2.30. The number of carbonyl (C=O) groups is 1. The van der Waals surface area contributed by atoms with Gasteiger partial charge in [0, 0.05) is 12.1 Å². The summed E-state index contributed by atoms with van der Waals surface area (Å²) in [6.45, 7) is 0.635. The number of nitrogens with two attached hydrogens (primary N) is 1. The minimum absolute atomic E-state index is 0.112. The second-order valence-electron chi connectivity index (χ2n) is 3.42. The van der Waals surface area contributed by atoms with Crippen molar-refractivity contribution in [2.75, 3.05) is 6.54 Å². The van der Waals surface area contributed by atoms with Crippen LogP contribution in [0.2, 0.25) is 0 Å². The maximum Gasteiger partial charge on any atom is 0.207 e. The van der Waals surface area contributed by atoms with Gasteiger partial charge in [0.1, 0.15) is 0 Å². The van der Waals surface area contributed by atoms with Crippen LogP contribution in [0.5, 0.6) is 0 Å². The summed E-state index contributed by atoms with van der Waals surface area (Å²) < 4.78 is 0. The van der Waals surface area contributed by atoms with Crippen molar-refractivity contribution in [1.29, 1.82) is 0 Å².